The lowest BCUT2D eigenvalue weighted by molar-refractivity contribution is 0.125. The average Bonchev–Trinajstić information content (AvgIpc) is 2.54. The van der Waals surface area contributed by atoms with E-state index in [4.69, 9.17) is 5.11 Å². The summed E-state index contributed by atoms with van der Waals surface area (Å²) in [5, 5.41) is 9.90. The molecule has 0 spiro atoms. The van der Waals surface area contributed by atoms with Crippen molar-refractivity contribution in [1.29, 1.82) is 0 Å². The van der Waals surface area contributed by atoms with Crippen molar-refractivity contribution in [3.05, 3.63) is 28.7 Å². The minimum absolute atomic E-state index is 0.130. The second-order valence-electron chi connectivity index (χ2n) is 5.43. The van der Waals surface area contributed by atoms with Crippen LogP contribution in [0.3, 0.4) is 0 Å². The Labute approximate surface area is 135 Å². The van der Waals surface area contributed by atoms with Gasteiger partial charge in [0.2, 0.25) is 0 Å². The van der Waals surface area contributed by atoms with Gasteiger partial charge in [0.25, 0.3) is 5.56 Å². The van der Waals surface area contributed by atoms with Crippen molar-refractivity contribution in [2.24, 2.45) is 0 Å². The fourth-order valence-electron chi connectivity index (χ4n) is 2.83. The number of carboxylic acid groups (broad SMARTS) is 1. The molecule has 1 unspecified atom stereocenters. The van der Waals surface area contributed by atoms with E-state index in [0.717, 1.165) is 0 Å². The van der Waals surface area contributed by atoms with E-state index < -0.39 is 17.3 Å². The highest BCUT2D eigenvalue weighted by atomic mass is 32.2. The van der Waals surface area contributed by atoms with Gasteiger partial charge in [-0.1, -0.05) is 0 Å². The Morgan fingerprint density at radius 2 is 2.09 bits per heavy atom. The van der Waals surface area contributed by atoms with Crippen molar-refractivity contribution < 1.29 is 14.5 Å². The number of carbonyl (C=O) groups is 1. The number of hydrogen-bond donors (Lipinski definition) is 1. The fraction of sp³-hybridized carbons (Fsp3) is 0.429. The van der Waals surface area contributed by atoms with E-state index in [1.54, 1.807) is 16.8 Å². The van der Waals surface area contributed by atoms with Gasteiger partial charge in [0, 0.05) is 48.0 Å². The molecule has 0 bridgehead atoms. The van der Waals surface area contributed by atoms with Crippen LogP contribution >= 0.6 is 0 Å². The van der Waals surface area contributed by atoms with E-state index in [2.05, 4.69) is 9.97 Å². The highest BCUT2D eigenvalue weighted by molar-refractivity contribution is 7.90. The fourth-order valence-corrected chi connectivity index (χ4v) is 3.25. The molecule has 1 saturated heterocycles. The summed E-state index contributed by atoms with van der Waals surface area (Å²) in [6.07, 6.45) is 3.18. The van der Waals surface area contributed by atoms with Crippen LogP contribution < -0.4 is 5.56 Å². The predicted molar refractivity (Wildman–Crippen MR) is 84.0 cm³/mol. The second kappa shape index (κ2) is 6.17. The molecule has 1 amide bonds. The number of piperidine rings is 1. The first-order chi connectivity index (χ1) is 11.0. The molecule has 1 fully saturated rings. The maximum Gasteiger partial charge on any atom is 0.407 e. The van der Waals surface area contributed by atoms with E-state index in [9.17, 15) is 14.1 Å². The lowest BCUT2D eigenvalue weighted by atomic mass is 10.0. The minimum Gasteiger partial charge on any atom is -0.609 e. The van der Waals surface area contributed by atoms with E-state index >= 15 is 0 Å². The molecular weight excluding hydrogens is 320 g/mol. The van der Waals surface area contributed by atoms with Gasteiger partial charge in [-0.25, -0.2) is 4.79 Å². The molecule has 8 nitrogen and oxygen atoms in total. The molecule has 0 aromatic carbocycles. The first-order valence-electron chi connectivity index (χ1n) is 7.17. The zero-order valence-corrected chi connectivity index (χ0v) is 13.3. The zero-order chi connectivity index (χ0) is 16.6. The van der Waals surface area contributed by atoms with Crippen LogP contribution in [0.2, 0.25) is 0 Å². The summed E-state index contributed by atoms with van der Waals surface area (Å²) in [4.78, 5) is 33.0. The Morgan fingerprint density at radius 1 is 1.39 bits per heavy atom. The molecule has 2 aromatic rings. The summed E-state index contributed by atoms with van der Waals surface area (Å²) in [5.41, 5.74) is 0.254. The van der Waals surface area contributed by atoms with Gasteiger partial charge in [-0.15, -0.1) is 0 Å². The largest absolute Gasteiger partial charge is 0.609 e. The van der Waals surface area contributed by atoms with Gasteiger partial charge >= 0.3 is 11.2 Å². The SMILES string of the molecule is C[S+]([O-])c1ncc2ccc(=O)n(C3CCN(C(=O)O)CC3)c2n1. The zero-order valence-electron chi connectivity index (χ0n) is 12.5. The molecular formula is C14H16N4O4S. The van der Waals surface area contributed by atoms with E-state index in [1.165, 1.54) is 17.2 Å². The predicted octanol–water partition coefficient (Wildman–Crippen LogP) is 0.844. The number of likely N-dealkylation sites (tertiary alicyclic amines) is 1. The maximum absolute atomic E-state index is 12.3. The van der Waals surface area contributed by atoms with Gasteiger partial charge in [-0.3, -0.25) is 9.36 Å². The number of amides is 1. The van der Waals surface area contributed by atoms with Crippen LogP contribution in [0.4, 0.5) is 4.79 Å². The molecule has 3 heterocycles. The second-order valence-corrected chi connectivity index (χ2v) is 6.70. The van der Waals surface area contributed by atoms with Gasteiger partial charge in [0.1, 0.15) is 6.26 Å². The monoisotopic (exact) mass is 336 g/mol. The third kappa shape index (κ3) is 3.02. The molecule has 3 rings (SSSR count). The number of aromatic nitrogens is 3. The minimum atomic E-state index is -1.34. The van der Waals surface area contributed by atoms with Crippen molar-refractivity contribution >= 4 is 28.3 Å². The van der Waals surface area contributed by atoms with Crippen molar-refractivity contribution in [3.8, 4) is 0 Å². The maximum atomic E-state index is 12.3. The van der Waals surface area contributed by atoms with Gasteiger partial charge in [0.05, 0.1) is 0 Å². The van der Waals surface area contributed by atoms with Gasteiger partial charge in [0.15, 0.2) is 5.65 Å². The van der Waals surface area contributed by atoms with E-state index in [0.29, 0.717) is 37.0 Å². The number of fused-ring (bicyclic) bond motifs is 1. The Balaban J connectivity index is 2.02. The van der Waals surface area contributed by atoms with Crippen LogP contribution in [-0.4, -0.2) is 54.5 Å². The van der Waals surface area contributed by atoms with Crippen LogP contribution in [0.1, 0.15) is 18.9 Å². The third-order valence-electron chi connectivity index (χ3n) is 4.00. The molecule has 9 heteroatoms. The van der Waals surface area contributed by atoms with E-state index in [1.807, 2.05) is 0 Å². The summed E-state index contributed by atoms with van der Waals surface area (Å²) in [7, 11) is 0. The number of nitrogens with zero attached hydrogens (tertiary/aromatic N) is 4. The van der Waals surface area contributed by atoms with Crippen molar-refractivity contribution in [1.82, 2.24) is 19.4 Å². The Kier molecular flexibility index (Phi) is 4.22. The number of rotatable bonds is 2. The van der Waals surface area contributed by atoms with E-state index in [-0.39, 0.29) is 16.8 Å². The Hall–Kier alpha value is -2.13. The first kappa shape index (κ1) is 15.8. The number of pyridine rings is 1. The van der Waals surface area contributed by atoms with Crippen LogP contribution in [0.25, 0.3) is 11.0 Å². The molecule has 2 aromatic heterocycles. The summed E-state index contributed by atoms with van der Waals surface area (Å²) >= 11 is -1.34. The standard InChI is InChI=1S/C14H16N4O4S/c1-23(22)13-15-8-9-2-3-11(19)18(12(9)16-13)10-4-6-17(7-5-10)14(20)21/h2-3,8,10H,4-7H2,1H3,(H,20,21). The molecule has 1 aliphatic heterocycles. The molecule has 1 atom stereocenters. The molecule has 0 saturated carbocycles. The quantitative estimate of drug-likeness (QED) is 0.642. The smallest absolute Gasteiger partial charge is 0.407 e. The topological polar surface area (TPSA) is 111 Å². The summed E-state index contributed by atoms with van der Waals surface area (Å²) in [5.74, 6) is 0. The van der Waals surface area contributed by atoms with Gasteiger partial charge in [-0.05, 0) is 18.9 Å². The molecule has 0 radical (unpaired) electrons. The Bertz CT molecular complexity index is 799. The number of hydrogen-bond acceptors (Lipinski definition) is 5. The first-order valence-corrected chi connectivity index (χ1v) is 8.73. The highest BCUT2D eigenvalue weighted by Crippen LogP contribution is 2.24. The van der Waals surface area contributed by atoms with Gasteiger partial charge < -0.3 is 14.6 Å². The van der Waals surface area contributed by atoms with Crippen LogP contribution in [0.5, 0.6) is 0 Å². The normalized spacial score (nSPS) is 17.4. The van der Waals surface area contributed by atoms with Crippen molar-refractivity contribution in [2.75, 3.05) is 19.3 Å². The van der Waals surface area contributed by atoms with Crippen molar-refractivity contribution in [2.45, 2.75) is 24.0 Å². The molecule has 1 N–H and O–H groups in total. The highest BCUT2D eigenvalue weighted by Gasteiger charge is 2.25. The lowest BCUT2D eigenvalue weighted by Crippen LogP contribution is -2.40. The van der Waals surface area contributed by atoms with Crippen LogP contribution in [0.15, 0.2) is 28.3 Å². The molecule has 122 valence electrons. The van der Waals surface area contributed by atoms with Crippen molar-refractivity contribution in [3.63, 3.8) is 0 Å². The van der Waals surface area contributed by atoms with Crippen LogP contribution in [0, 0.1) is 0 Å². The summed E-state index contributed by atoms with van der Waals surface area (Å²) in [6.45, 7) is 0.751. The molecule has 23 heavy (non-hydrogen) atoms. The molecule has 0 aliphatic carbocycles. The summed E-state index contributed by atoms with van der Waals surface area (Å²) < 4.78 is 13.2. The molecule has 1 aliphatic rings. The lowest BCUT2D eigenvalue weighted by Gasteiger charge is -2.31. The Morgan fingerprint density at radius 3 is 2.70 bits per heavy atom. The van der Waals surface area contributed by atoms with Gasteiger partial charge in [-0.2, -0.15) is 9.97 Å². The summed E-state index contributed by atoms with van der Waals surface area (Å²) in [6, 6.07) is 2.97. The third-order valence-corrected chi connectivity index (χ3v) is 4.71. The van der Waals surface area contributed by atoms with Crippen LogP contribution in [-0.2, 0) is 11.2 Å². The average molecular weight is 336 g/mol.